The zero-order valence-electron chi connectivity index (χ0n) is 32.0. The average Bonchev–Trinajstić information content (AvgIpc) is 3.06. The van der Waals surface area contributed by atoms with E-state index in [-0.39, 0.29) is 0 Å². The average molecular weight is 663 g/mol. The molecule has 0 aromatic carbocycles. The molecule has 0 amide bonds. The molecule has 0 saturated heterocycles. The highest BCUT2D eigenvalue weighted by atomic mass is 16.7. The lowest BCUT2D eigenvalue weighted by Crippen LogP contribution is -2.14. The number of hydrogen-bond donors (Lipinski definition) is 0. The number of hydrogen-bond acceptors (Lipinski definition) is 4. The van der Waals surface area contributed by atoms with E-state index in [1.54, 1.807) is 0 Å². The van der Waals surface area contributed by atoms with Crippen molar-refractivity contribution < 1.29 is 19.1 Å². The molecule has 0 rings (SSSR count). The topological polar surface area (TPSA) is 52.6 Å². The van der Waals surface area contributed by atoms with Crippen LogP contribution in [0, 0.1) is 0 Å². The lowest BCUT2D eigenvalue weighted by molar-refractivity contribution is -0.140. The molecule has 0 heterocycles. The standard InChI is InChI=1S/C43H82O4/c1-3-5-7-9-11-13-15-17-19-21-23-24-26-28-30-32-34-36-38-40-42(44)47-43(45)46-41-39-37-35-33-31-29-27-25-22-20-18-16-14-12-10-8-6-4-2/h17,19H,3-16,18,20-41H2,1-2H3. The molecule has 0 aromatic rings. The predicted molar refractivity (Wildman–Crippen MR) is 204 cm³/mol. The van der Waals surface area contributed by atoms with Crippen LogP contribution < -0.4 is 0 Å². The maximum absolute atomic E-state index is 11.9. The summed E-state index contributed by atoms with van der Waals surface area (Å²) in [5, 5.41) is 0. The molecule has 0 saturated carbocycles. The van der Waals surface area contributed by atoms with Gasteiger partial charge in [-0.1, -0.05) is 212 Å². The summed E-state index contributed by atoms with van der Waals surface area (Å²) < 4.78 is 9.92. The largest absolute Gasteiger partial charge is 0.516 e. The quantitative estimate of drug-likeness (QED) is 0.0286. The van der Waals surface area contributed by atoms with Crippen molar-refractivity contribution in [3.05, 3.63) is 12.2 Å². The molecule has 47 heavy (non-hydrogen) atoms. The highest BCUT2D eigenvalue weighted by Gasteiger charge is 2.11. The van der Waals surface area contributed by atoms with Crippen LogP contribution in [0.15, 0.2) is 12.2 Å². The summed E-state index contributed by atoms with van der Waals surface area (Å²) in [6.45, 7) is 4.91. The first-order valence-electron chi connectivity index (χ1n) is 21.2. The molecule has 0 radical (unpaired) electrons. The molecule has 0 unspecified atom stereocenters. The third kappa shape index (κ3) is 40.8. The maximum Gasteiger partial charge on any atom is 0.516 e. The molecule has 0 aliphatic carbocycles. The van der Waals surface area contributed by atoms with Crippen molar-refractivity contribution in [2.75, 3.05) is 6.61 Å². The van der Waals surface area contributed by atoms with Gasteiger partial charge in [-0.2, -0.15) is 0 Å². The second-order valence-corrected chi connectivity index (χ2v) is 14.3. The van der Waals surface area contributed by atoms with Crippen molar-refractivity contribution in [2.45, 2.75) is 245 Å². The molecule has 0 atom stereocenters. The zero-order chi connectivity index (χ0) is 34.1. The van der Waals surface area contributed by atoms with Gasteiger partial charge in [0.1, 0.15) is 0 Å². The lowest BCUT2D eigenvalue weighted by Gasteiger charge is -2.06. The number of allylic oxidation sites excluding steroid dienone is 2. The summed E-state index contributed by atoms with van der Waals surface area (Å²) in [7, 11) is 0. The van der Waals surface area contributed by atoms with Gasteiger partial charge in [0.15, 0.2) is 0 Å². The van der Waals surface area contributed by atoms with Gasteiger partial charge in [0.2, 0.25) is 0 Å². The predicted octanol–water partition coefficient (Wildman–Crippen LogP) is 15.3. The summed E-state index contributed by atoms with van der Waals surface area (Å²) in [6, 6.07) is 0. The SMILES string of the molecule is CCCCCCCCC=CCCCCCCCCCCCC(=O)OC(=O)OCCCCCCCCCCCCCCCCCCCC. The molecule has 0 N–H and O–H groups in total. The molecule has 278 valence electrons. The van der Waals surface area contributed by atoms with Gasteiger partial charge in [-0.15, -0.1) is 0 Å². The van der Waals surface area contributed by atoms with Gasteiger partial charge in [-0.3, -0.25) is 4.79 Å². The van der Waals surface area contributed by atoms with Crippen molar-refractivity contribution in [3.8, 4) is 0 Å². The Labute approximate surface area is 294 Å². The monoisotopic (exact) mass is 663 g/mol. The van der Waals surface area contributed by atoms with E-state index in [0.717, 1.165) is 32.1 Å². The van der Waals surface area contributed by atoms with E-state index in [1.165, 1.54) is 193 Å². The molecule has 4 nitrogen and oxygen atoms in total. The number of rotatable bonds is 38. The van der Waals surface area contributed by atoms with Crippen molar-refractivity contribution in [2.24, 2.45) is 0 Å². The zero-order valence-corrected chi connectivity index (χ0v) is 32.0. The van der Waals surface area contributed by atoms with E-state index in [9.17, 15) is 9.59 Å². The van der Waals surface area contributed by atoms with Crippen LogP contribution in [0.1, 0.15) is 245 Å². The van der Waals surface area contributed by atoms with Gasteiger partial charge in [0.25, 0.3) is 0 Å². The van der Waals surface area contributed by atoms with Gasteiger partial charge in [-0.25, -0.2) is 4.79 Å². The summed E-state index contributed by atoms with van der Waals surface area (Å²) >= 11 is 0. The fraction of sp³-hybridized carbons (Fsp3) is 0.907. The van der Waals surface area contributed by atoms with Gasteiger partial charge < -0.3 is 9.47 Å². The third-order valence-corrected chi connectivity index (χ3v) is 9.56. The lowest BCUT2D eigenvalue weighted by atomic mass is 10.0. The Morgan fingerprint density at radius 1 is 0.383 bits per heavy atom. The molecule has 0 aromatic heterocycles. The van der Waals surface area contributed by atoms with Crippen LogP contribution in [0.4, 0.5) is 4.79 Å². The molecule has 0 bridgehead atoms. The first-order chi connectivity index (χ1) is 23.2. The number of carbonyl (C=O) groups is 2. The Morgan fingerprint density at radius 3 is 1.04 bits per heavy atom. The molecular formula is C43H82O4. The fourth-order valence-electron chi connectivity index (χ4n) is 6.38. The highest BCUT2D eigenvalue weighted by molar-refractivity contribution is 5.81. The Hall–Kier alpha value is -1.32. The highest BCUT2D eigenvalue weighted by Crippen LogP contribution is 2.15. The smallest absolute Gasteiger partial charge is 0.434 e. The third-order valence-electron chi connectivity index (χ3n) is 9.56. The molecule has 0 aliphatic heterocycles. The number of carbonyl (C=O) groups excluding carboxylic acids is 2. The number of esters is 1. The summed E-state index contributed by atoms with van der Waals surface area (Å²) in [5.74, 6) is -0.450. The minimum atomic E-state index is -0.824. The Bertz CT molecular complexity index is 658. The van der Waals surface area contributed by atoms with Crippen LogP contribution in [-0.2, 0) is 14.3 Å². The molecule has 0 aliphatic rings. The summed E-state index contributed by atoms with van der Waals surface area (Å²) in [6.07, 6.45) is 49.8. The second kappa shape index (κ2) is 40.9. The van der Waals surface area contributed by atoms with Crippen LogP contribution in [0.5, 0.6) is 0 Å². The van der Waals surface area contributed by atoms with E-state index < -0.39 is 12.1 Å². The number of unbranched alkanes of at least 4 members (excludes halogenated alkanes) is 32. The van der Waals surface area contributed by atoms with E-state index in [4.69, 9.17) is 9.47 Å². The van der Waals surface area contributed by atoms with E-state index in [0.29, 0.717) is 13.0 Å². The van der Waals surface area contributed by atoms with Gasteiger partial charge in [0.05, 0.1) is 6.61 Å². The van der Waals surface area contributed by atoms with Crippen molar-refractivity contribution in [3.63, 3.8) is 0 Å². The van der Waals surface area contributed by atoms with Gasteiger partial charge in [-0.05, 0) is 38.5 Å². The molecule has 0 fully saturated rings. The van der Waals surface area contributed by atoms with Crippen molar-refractivity contribution in [1.29, 1.82) is 0 Å². The van der Waals surface area contributed by atoms with Gasteiger partial charge in [0, 0.05) is 6.42 Å². The summed E-state index contributed by atoms with van der Waals surface area (Å²) in [4.78, 5) is 23.7. The van der Waals surface area contributed by atoms with Crippen LogP contribution in [0.2, 0.25) is 0 Å². The van der Waals surface area contributed by atoms with Gasteiger partial charge >= 0.3 is 12.1 Å². The Morgan fingerprint density at radius 2 is 0.681 bits per heavy atom. The van der Waals surface area contributed by atoms with Crippen LogP contribution in [-0.4, -0.2) is 18.7 Å². The Balaban J connectivity index is 3.28. The van der Waals surface area contributed by atoms with Crippen molar-refractivity contribution in [1.82, 2.24) is 0 Å². The minimum Gasteiger partial charge on any atom is -0.434 e. The normalized spacial score (nSPS) is 11.4. The molecule has 0 spiro atoms. The van der Waals surface area contributed by atoms with Crippen LogP contribution >= 0.6 is 0 Å². The van der Waals surface area contributed by atoms with Crippen LogP contribution in [0.3, 0.4) is 0 Å². The fourth-order valence-corrected chi connectivity index (χ4v) is 6.38. The van der Waals surface area contributed by atoms with E-state index in [2.05, 4.69) is 26.0 Å². The Kier molecular flexibility index (Phi) is 39.7. The summed E-state index contributed by atoms with van der Waals surface area (Å²) in [5.41, 5.74) is 0. The van der Waals surface area contributed by atoms with E-state index >= 15 is 0 Å². The second-order valence-electron chi connectivity index (χ2n) is 14.3. The molecule has 4 heteroatoms. The maximum atomic E-state index is 11.9. The van der Waals surface area contributed by atoms with Crippen LogP contribution in [0.25, 0.3) is 0 Å². The number of ether oxygens (including phenoxy) is 2. The van der Waals surface area contributed by atoms with Crippen molar-refractivity contribution >= 4 is 12.1 Å². The first-order valence-corrected chi connectivity index (χ1v) is 21.2. The van der Waals surface area contributed by atoms with E-state index in [1.807, 2.05) is 0 Å². The first kappa shape index (κ1) is 45.7. The molecular weight excluding hydrogens is 580 g/mol. The minimum absolute atomic E-state index is 0.306.